The van der Waals surface area contributed by atoms with Gasteiger partial charge in [0, 0.05) is 22.8 Å². The first-order valence-corrected chi connectivity index (χ1v) is 9.10. The van der Waals surface area contributed by atoms with Crippen molar-refractivity contribution in [1.29, 1.82) is 5.26 Å². The topological polar surface area (TPSA) is 94.5 Å². The highest BCUT2D eigenvalue weighted by atomic mass is 19.4. The molecule has 0 unspecified atom stereocenters. The third-order valence-corrected chi connectivity index (χ3v) is 4.71. The number of alkyl halides is 3. The van der Waals surface area contributed by atoms with Crippen molar-refractivity contribution in [3.63, 3.8) is 0 Å². The zero-order chi connectivity index (χ0) is 22.2. The van der Waals surface area contributed by atoms with Crippen LogP contribution in [0.4, 0.5) is 18.9 Å². The van der Waals surface area contributed by atoms with E-state index in [1.54, 1.807) is 37.3 Å². The molecule has 0 aliphatic carbocycles. The van der Waals surface area contributed by atoms with E-state index in [0.29, 0.717) is 39.0 Å². The molecule has 31 heavy (non-hydrogen) atoms. The molecule has 0 bridgehead atoms. The van der Waals surface area contributed by atoms with Crippen molar-refractivity contribution in [2.24, 2.45) is 0 Å². The number of aromatic nitrogens is 3. The summed E-state index contributed by atoms with van der Waals surface area (Å²) in [4.78, 5) is 16.6. The van der Waals surface area contributed by atoms with Crippen LogP contribution in [0.2, 0.25) is 0 Å². The number of pyridine rings is 1. The minimum Gasteiger partial charge on any atom is -0.321 e. The van der Waals surface area contributed by atoms with E-state index in [1.165, 1.54) is 12.3 Å². The second-order valence-electron chi connectivity index (χ2n) is 6.87. The number of nitrogens with zero attached hydrogens (tertiary/aromatic N) is 3. The Hall–Kier alpha value is -4.19. The summed E-state index contributed by atoms with van der Waals surface area (Å²) in [5, 5.41) is 19.2. The molecule has 154 valence electrons. The number of carbonyl (C=O) groups is 1. The number of hydrogen-bond acceptors (Lipinski definition) is 4. The van der Waals surface area contributed by atoms with E-state index in [9.17, 15) is 18.0 Å². The van der Waals surface area contributed by atoms with Gasteiger partial charge >= 0.3 is 6.18 Å². The number of hydrogen-bond donors (Lipinski definition) is 2. The van der Waals surface area contributed by atoms with Gasteiger partial charge in [0.25, 0.3) is 5.91 Å². The predicted molar refractivity (Wildman–Crippen MR) is 108 cm³/mol. The maximum atomic E-state index is 13.1. The number of aromatic amines is 1. The normalized spacial score (nSPS) is 11.3. The molecule has 2 N–H and O–H groups in total. The van der Waals surface area contributed by atoms with Gasteiger partial charge in [0.15, 0.2) is 0 Å². The van der Waals surface area contributed by atoms with E-state index in [0.717, 1.165) is 12.1 Å². The lowest BCUT2D eigenvalue weighted by Crippen LogP contribution is -2.15. The highest BCUT2D eigenvalue weighted by molar-refractivity contribution is 6.05. The van der Waals surface area contributed by atoms with Gasteiger partial charge in [-0.1, -0.05) is 12.1 Å². The molecule has 4 aromatic rings. The number of benzene rings is 2. The van der Waals surface area contributed by atoms with Crippen molar-refractivity contribution < 1.29 is 18.0 Å². The Labute approximate surface area is 174 Å². The van der Waals surface area contributed by atoms with Gasteiger partial charge in [0.1, 0.15) is 11.8 Å². The molecule has 9 heteroatoms. The lowest BCUT2D eigenvalue weighted by atomic mass is 10.0. The molecule has 2 aromatic carbocycles. The number of aryl methyl sites for hydroxylation is 1. The first kappa shape index (κ1) is 20.1. The predicted octanol–water partition coefficient (Wildman–Crippen LogP) is 5.08. The molecule has 0 aliphatic heterocycles. The molecule has 2 heterocycles. The molecule has 6 nitrogen and oxygen atoms in total. The van der Waals surface area contributed by atoms with Crippen LogP contribution in [0, 0.1) is 18.3 Å². The van der Waals surface area contributed by atoms with Crippen LogP contribution in [0.15, 0.2) is 54.7 Å². The molecule has 0 atom stereocenters. The average Bonchev–Trinajstić information content (AvgIpc) is 3.16. The number of nitriles is 1. The molecule has 4 rings (SSSR count). The third kappa shape index (κ3) is 3.96. The highest BCUT2D eigenvalue weighted by Gasteiger charge is 2.30. The van der Waals surface area contributed by atoms with Crippen molar-refractivity contribution in [2.75, 3.05) is 5.32 Å². The minimum atomic E-state index is -4.47. The Morgan fingerprint density at radius 2 is 1.97 bits per heavy atom. The fraction of sp³-hybridized carbons (Fsp3) is 0.0909. The van der Waals surface area contributed by atoms with Gasteiger partial charge in [-0.25, -0.2) is 4.98 Å². The van der Waals surface area contributed by atoms with Crippen molar-refractivity contribution >= 4 is 22.5 Å². The summed E-state index contributed by atoms with van der Waals surface area (Å²) in [6.45, 7) is 1.67. The Morgan fingerprint density at radius 3 is 2.68 bits per heavy atom. The van der Waals surface area contributed by atoms with Crippen LogP contribution < -0.4 is 5.32 Å². The van der Waals surface area contributed by atoms with E-state index < -0.39 is 17.6 Å². The van der Waals surface area contributed by atoms with E-state index in [-0.39, 0.29) is 5.69 Å². The second kappa shape index (κ2) is 7.57. The first-order chi connectivity index (χ1) is 14.8. The molecule has 1 amide bonds. The SMILES string of the molecule is Cc1cc(C#N)cnc1C(=O)Nc1ccc2[nH]nc(-c3cccc(C(F)(F)F)c3)c2c1. The van der Waals surface area contributed by atoms with Crippen LogP contribution in [0.3, 0.4) is 0 Å². The van der Waals surface area contributed by atoms with Gasteiger partial charge in [-0.05, 0) is 48.9 Å². The molecule has 0 saturated heterocycles. The van der Waals surface area contributed by atoms with Crippen molar-refractivity contribution in [3.05, 3.63) is 77.1 Å². The Morgan fingerprint density at radius 1 is 1.16 bits per heavy atom. The van der Waals surface area contributed by atoms with Crippen LogP contribution in [-0.4, -0.2) is 21.1 Å². The molecular weight excluding hydrogens is 407 g/mol. The Kier molecular flexibility index (Phi) is 4.91. The fourth-order valence-corrected chi connectivity index (χ4v) is 3.22. The molecule has 0 saturated carbocycles. The van der Waals surface area contributed by atoms with Gasteiger partial charge < -0.3 is 5.32 Å². The van der Waals surface area contributed by atoms with E-state index >= 15 is 0 Å². The lowest BCUT2D eigenvalue weighted by Gasteiger charge is -2.09. The van der Waals surface area contributed by atoms with Gasteiger partial charge in [-0.15, -0.1) is 0 Å². The minimum absolute atomic E-state index is 0.171. The third-order valence-electron chi connectivity index (χ3n) is 4.71. The summed E-state index contributed by atoms with van der Waals surface area (Å²) in [6.07, 6.45) is -3.15. The molecule has 0 radical (unpaired) electrons. The summed E-state index contributed by atoms with van der Waals surface area (Å²) in [6, 6.07) is 13.4. The number of nitrogens with one attached hydrogen (secondary N) is 2. The largest absolute Gasteiger partial charge is 0.416 e. The van der Waals surface area contributed by atoms with Crippen molar-refractivity contribution in [2.45, 2.75) is 13.1 Å². The van der Waals surface area contributed by atoms with Gasteiger partial charge in [-0.3, -0.25) is 9.89 Å². The van der Waals surface area contributed by atoms with Crippen LogP contribution in [0.5, 0.6) is 0 Å². The van der Waals surface area contributed by atoms with E-state index in [2.05, 4.69) is 20.5 Å². The molecule has 0 spiro atoms. The number of rotatable bonds is 3. The van der Waals surface area contributed by atoms with Crippen LogP contribution >= 0.6 is 0 Å². The summed E-state index contributed by atoms with van der Waals surface area (Å²) in [5.74, 6) is -0.467. The van der Waals surface area contributed by atoms with Crippen molar-refractivity contribution in [1.82, 2.24) is 15.2 Å². The van der Waals surface area contributed by atoms with Crippen LogP contribution in [-0.2, 0) is 6.18 Å². The first-order valence-electron chi connectivity index (χ1n) is 9.10. The fourth-order valence-electron chi connectivity index (χ4n) is 3.22. The Bertz CT molecular complexity index is 1350. The smallest absolute Gasteiger partial charge is 0.321 e. The molecule has 0 fully saturated rings. The lowest BCUT2D eigenvalue weighted by molar-refractivity contribution is -0.137. The van der Waals surface area contributed by atoms with Crippen LogP contribution in [0.25, 0.3) is 22.2 Å². The number of halogens is 3. The molecule has 2 aromatic heterocycles. The quantitative estimate of drug-likeness (QED) is 0.483. The van der Waals surface area contributed by atoms with Crippen LogP contribution in [0.1, 0.15) is 27.2 Å². The standard InChI is InChI=1S/C22H14F3N5O/c1-12-7-13(10-26)11-27-19(12)21(31)28-16-5-6-18-17(9-16)20(30-29-18)14-3-2-4-15(8-14)22(23,24)25/h2-9,11H,1H3,(H,28,31)(H,29,30). The van der Waals surface area contributed by atoms with Gasteiger partial charge in [0.05, 0.1) is 22.3 Å². The van der Waals surface area contributed by atoms with Gasteiger partial charge in [-0.2, -0.15) is 23.5 Å². The van der Waals surface area contributed by atoms with Crippen molar-refractivity contribution in [3.8, 4) is 17.3 Å². The van der Waals surface area contributed by atoms with Gasteiger partial charge in [0.2, 0.25) is 0 Å². The maximum Gasteiger partial charge on any atom is 0.416 e. The maximum absolute atomic E-state index is 13.1. The summed E-state index contributed by atoms with van der Waals surface area (Å²) >= 11 is 0. The van der Waals surface area contributed by atoms with E-state index in [1.807, 2.05) is 6.07 Å². The monoisotopic (exact) mass is 421 g/mol. The number of amides is 1. The second-order valence-corrected chi connectivity index (χ2v) is 6.87. The average molecular weight is 421 g/mol. The number of H-pyrrole nitrogens is 1. The summed E-state index contributed by atoms with van der Waals surface area (Å²) < 4.78 is 39.2. The zero-order valence-corrected chi connectivity index (χ0v) is 16.1. The highest BCUT2D eigenvalue weighted by Crippen LogP contribution is 2.34. The summed E-state index contributed by atoms with van der Waals surface area (Å²) in [7, 11) is 0. The Balaban J connectivity index is 1.68. The number of fused-ring (bicyclic) bond motifs is 1. The molecule has 0 aliphatic rings. The number of carbonyl (C=O) groups excluding carboxylic acids is 1. The number of anilines is 1. The molecular formula is C22H14F3N5O. The summed E-state index contributed by atoms with van der Waals surface area (Å²) in [5.41, 5.74) is 1.97. The van der Waals surface area contributed by atoms with E-state index in [4.69, 9.17) is 5.26 Å². The zero-order valence-electron chi connectivity index (χ0n) is 16.1.